The number of thiazole rings is 1. The number of carbonyl (C=O) groups is 1. The third-order valence-electron chi connectivity index (χ3n) is 3.40. The van der Waals surface area contributed by atoms with Crippen molar-refractivity contribution in [3.05, 3.63) is 71.9 Å². The summed E-state index contributed by atoms with van der Waals surface area (Å²) in [6.07, 6.45) is 1.81. The molecule has 0 aliphatic carbocycles. The van der Waals surface area contributed by atoms with Gasteiger partial charge in [-0.15, -0.1) is 11.3 Å². The molecule has 3 aromatic heterocycles. The van der Waals surface area contributed by atoms with Crippen LogP contribution in [0.2, 0.25) is 0 Å². The number of amides is 1. The summed E-state index contributed by atoms with van der Waals surface area (Å²) in [6, 6.07) is 17.3. The second-order valence-corrected chi connectivity index (χ2v) is 5.82. The number of hydrogen-bond donors (Lipinski definition) is 1. The van der Waals surface area contributed by atoms with Gasteiger partial charge >= 0.3 is 0 Å². The van der Waals surface area contributed by atoms with Crippen molar-refractivity contribution < 1.29 is 4.79 Å². The molecule has 0 bridgehead atoms. The number of nitrogens with zero attached hydrogens (tertiary/aromatic N) is 3. The van der Waals surface area contributed by atoms with Gasteiger partial charge in [-0.25, -0.2) is 9.50 Å². The minimum absolute atomic E-state index is 0.261. The van der Waals surface area contributed by atoms with E-state index in [1.54, 1.807) is 10.6 Å². The first-order valence-corrected chi connectivity index (χ1v) is 7.94. The summed E-state index contributed by atoms with van der Waals surface area (Å²) in [5.41, 5.74) is 3.12. The Kier molecular flexibility index (Phi) is 3.36. The normalized spacial score (nSPS) is 10.8. The molecule has 0 aliphatic heterocycles. The predicted molar refractivity (Wildman–Crippen MR) is 90.7 cm³/mol. The molecule has 0 spiro atoms. The van der Waals surface area contributed by atoms with E-state index in [0.29, 0.717) is 10.8 Å². The maximum Gasteiger partial charge on any atom is 0.277 e. The summed E-state index contributed by atoms with van der Waals surface area (Å²) in [4.78, 5) is 16.8. The SMILES string of the molecule is O=C(Nc1nc(-c2ccccc2)cs1)c1cc2ccccn2n1. The molecule has 0 atom stereocenters. The molecule has 1 amide bonds. The fourth-order valence-electron chi connectivity index (χ4n) is 2.28. The molecule has 0 saturated heterocycles. The van der Waals surface area contributed by atoms with Crippen molar-refractivity contribution in [2.75, 3.05) is 5.32 Å². The molecule has 23 heavy (non-hydrogen) atoms. The molecule has 0 fully saturated rings. The molecule has 4 aromatic rings. The number of nitrogens with one attached hydrogen (secondary N) is 1. The zero-order valence-electron chi connectivity index (χ0n) is 12.0. The molecule has 0 radical (unpaired) electrons. The first-order valence-electron chi connectivity index (χ1n) is 7.06. The zero-order chi connectivity index (χ0) is 15.6. The van der Waals surface area contributed by atoms with E-state index in [0.717, 1.165) is 16.8 Å². The summed E-state index contributed by atoms with van der Waals surface area (Å²) in [5.74, 6) is -0.261. The minimum atomic E-state index is -0.261. The number of aromatic nitrogens is 3. The fraction of sp³-hybridized carbons (Fsp3) is 0. The largest absolute Gasteiger partial charge is 0.296 e. The maximum atomic E-state index is 12.3. The number of fused-ring (bicyclic) bond motifs is 1. The van der Waals surface area contributed by atoms with Gasteiger partial charge in [0.2, 0.25) is 0 Å². The van der Waals surface area contributed by atoms with E-state index in [-0.39, 0.29) is 5.91 Å². The zero-order valence-corrected chi connectivity index (χ0v) is 12.8. The molecule has 0 saturated carbocycles. The highest BCUT2D eigenvalue weighted by Gasteiger charge is 2.13. The predicted octanol–water partition coefficient (Wildman–Crippen LogP) is 3.71. The average molecular weight is 320 g/mol. The van der Waals surface area contributed by atoms with Crippen LogP contribution in [0.3, 0.4) is 0 Å². The maximum absolute atomic E-state index is 12.3. The number of rotatable bonds is 3. The topological polar surface area (TPSA) is 59.3 Å². The van der Waals surface area contributed by atoms with Crippen molar-refractivity contribution in [3.8, 4) is 11.3 Å². The highest BCUT2D eigenvalue weighted by molar-refractivity contribution is 7.14. The molecule has 6 heteroatoms. The summed E-state index contributed by atoms with van der Waals surface area (Å²) < 4.78 is 1.67. The Balaban J connectivity index is 1.56. The van der Waals surface area contributed by atoms with Crippen molar-refractivity contribution >= 4 is 27.9 Å². The molecule has 5 nitrogen and oxygen atoms in total. The fourth-order valence-corrected chi connectivity index (χ4v) is 3.00. The van der Waals surface area contributed by atoms with Crippen LogP contribution >= 0.6 is 11.3 Å². The molecular formula is C17H12N4OS. The van der Waals surface area contributed by atoms with Crippen LogP contribution in [0.1, 0.15) is 10.5 Å². The monoisotopic (exact) mass is 320 g/mol. The van der Waals surface area contributed by atoms with Gasteiger partial charge in [0.25, 0.3) is 5.91 Å². The van der Waals surface area contributed by atoms with E-state index in [2.05, 4.69) is 15.4 Å². The van der Waals surface area contributed by atoms with Crippen LogP contribution in [-0.4, -0.2) is 20.5 Å². The molecule has 3 heterocycles. The van der Waals surface area contributed by atoms with E-state index in [1.807, 2.05) is 60.1 Å². The summed E-state index contributed by atoms with van der Waals surface area (Å²) in [7, 11) is 0. The van der Waals surface area contributed by atoms with Crippen LogP contribution in [-0.2, 0) is 0 Å². The van der Waals surface area contributed by atoms with E-state index in [1.165, 1.54) is 11.3 Å². The second kappa shape index (κ2) is 5.66. The van der Waals surface area contributed by atoms with Gasteiger partial charge < -0.3 is 0 Å². The number of hydrogen-bond acceptors (Lipinski definition) is 4. The van der Waals surface area contributed by atoms with Gasteiger partial charge in [0.1, 0.15) is 0 Å². The van der Waals surface area contributed by atoms with Crippen LogP contribution in [0, 0.1) is 0 Å². The number of benzene rings is 1. The molecule has 0 aliphatic rings. The lowest BCUT2D eigenvalue weighted by Gasteiger charge is -1.97. The first-order chi connectivity index (χ1) is 11.3. The summed E-state index contributed by atoms with van der Waals surface area (Å²) in [6.45, 7) is 0. The number of pyridine rings is 1. The lowest BCUT2D eigenvalue weighted by Crippen LogP contribution is -2.12. The smallest absolute Gasteiger partial charge is 0.277 e. The van der Waals surface area contributed by atoms with Gasteiger partial charge in [-0.05, 0) is 18.2 Å². The van der Waals surface area contributed by atoms with Crippen molar-refractivity contribution in [1.82, 2.24) is 14.6 Å². The molecule has 112 valence electrons. The first kappa shape index (κ1) is 13.7. The Morgan fingerprint density at radius 2 is 1.91 bits per heavy atom. The molecule has 4 rings (SSSR count). The van der Waals surface area contributed by atoms with Gasteiger partial charge in [0, 0.05) is 17.1 Å². The lowest BCUT2D eigenvalue weighted by atomic mass is 10.2. The quantitative estimate of drug-likeness (QED) is 0.626. The Morgan fingerprint density at radius 1 is 1.09 bits per heavy atom. The third kappa shape index (κ3) is 2.72. The van der Waals surface area contributed by atoms with Crippen molar-refractivity contribution in [3.63, 3.8) is 0 Å². The lowest BCUT2D eigenvalue weighted by molar-refractivity contribution is 0.102. The van der Waals surface area contributed by atoms with Crippen LogP contribution in [0.4, 0.5) is 5.13 Å². The van der Waals surface area contributed by atoms with E-state index in [9.17, 15) is 4.79 Å². The second-order valence-electron chi connectivity index (χ2n) is 4.96. The molecular weight excluding hydrogens is 308 g/mol. The number of anilines is 1. The van der Waals surface area contributed by atoms with Crippen molar-refractivity contribution in [2.45, 2.75) is 0 Å². The van der Waals surface area contributed by atoms with Crippen LogP contribution in [0.25, 0.3) is 16.8 Å². The van der Waals surface area contributed by atoms with Gasteiger partial charge in [-0.3, -0.25) is 10.1 Å². The molecule has 1 N–H and O–H groups in total. The average Bonchev–Trinajstić information content (AvgIpc) is 3.22. The van der Waals surface area contributed by atoms with Crippen LogP contribution in [0.5, 0.6) is 0 Å². The molecule has 0 unspecified atom stereocenters. The van der Waals surface area contributed by atoms with Crippen LogP contribution in [0.15, 0.2) is 66.2 Å². The summed E-state index contributed by atoms with van der Waals surface area (Å²) in [5, 5.41) is 9.54. The van der Waals surface area contributed by atoms with E-state index >= 15 is 0 Å². The third-order valence-corrected chi connectivity index (χ3v) is 4.15. The van der Waals surface area contributed by atoms with Gasteiger partial charge in [0.15, 0.2) is 10.8 Å². The van der Waals surface area contributed by atoms with Crippen molar-refractivity contribution in [2.24, 2.45) is 0 Å². The van der Waals surface area contributed by atoms with Crippen LogP contribution < -0.4 is 5.32 Å². The Labute approximate surface area is 136 Å². The highest BCUT2D eigenvalue weighted by atomic mass is 32.1. The Morgan fingerprint density at radius 3 is 2.74 bits per heavy atom. The summed E-state index contributed by atoms with van der Waals surface area (Å²) >= 11 is 1.40. The Hall–Kier alpha value is -2.99. The number of carbonyl (C=O) groups excluding carboxylic acids is 1. The van der Waals surface area contributed by atoms with E-state index in [4.69, 9.17) is 0 Å². The van der Waals surface area contributed by atoms with Crippen molar-refractivity contribution in [1.29, 1.82) is 0 Å². The van der Waals surface area contributed by atoms with Gasteiger partial charge in [0.05, 0.1) is 11.2 Å². The highest BCUT2D eigenvalue weighted by Crippen LogP contribution is 2.24. The standard InChI is InChI=1S/C17H12N4OS/c22-16(14-10-13-8-4-5-9-21(13)20-14)19-17-18-15(11-23-17)12-6-2-1-3-7-12/h1-11H,(H,18,19,22). The van der Waals surface area contributed by atoms with E-state index < -0.39 is 0 Å². The van der Waals surface area contributed by atoms with Gasteiger partial charge in [-0.1, -0.05) is 36.4 Å². The molecule has 1 aromatic carbocycles. The van der Waals surface area contributed by atoms with Gasteiger partial charge in [-0.2, -0.15) is 5.10 Å². The minimum Gasteiger partial charge on any atom is -0.296 e. The Bertz CT molecular complexity index is 941.